The van der Waals surface area contributed by atoms with Crippen LogP contribution in [0.15, 0.2) is 86.0 Å². The lowest BCUT2D eigenvalue weighted by Gasteiger charge is -2.13. The highest BCUT2D eigenvalue weighted by atomic mass is 35.5. The van der Waals surface area contributed by atoms with Crippen molar-refractivity contribution in [2.24, 2.45) is 0 Å². The minimum atomic E-state index is -0.349. The number of hydrogen-bond donors (Lipinski definition) is 0. The predicted molar refractivity (Wildman–Crippen MR) is 119 cm³/mol. The number of imide groups is 1. The summed E-state index contributed by atoms with van der Waals surface area (Å²) in [5.74, 6) is 0.802. The summed E-state index contributed by atoms with van der Waals surface area (Å²) in [6.07, 6.45) is 1.60. The Morgan fingerprint density at radius 2 is 1.80 bits per heavy atom. The lowest BCUT2D eigenvalue weighted by atomic mass is 10.3. The van der Waals surface area contributed by atoms with Crippen molar-refractivity contribution in [3.8, 4) is 5.75 Å². The number of nitrogens with zero attached hydrogens (tertiary/aromatic N) is 1. The number of rotatable bonds is 7. The van der Waals surface area contributed by atoms with Crippen molar-refractivity contribution in [3.63, 3.8) is 0 Å². The largest absolute Gasteiger partial charge is 0.492 e. The van der Waals surface area contributed by atoms with Gasteiger partial charge in [0.1, 0.15) is 18.1 Å². The van der Waals surface area contributed by atoms with Gasteiger partial charge in [-0.3, -0.25) is 14.5 Å². The molecule has 0 spiro atoms. The minimum Gasteiger partial charge on any atom is -0.492 e. The molecule has 5 nitrogen and oxygen atoms in total. The molecule has 0 atom stereocenters. The molecule has 8 heteroatoms. The molecule has 1 fully saturated rings. The zero-order valence-corrected chi connectivity index (χ0v) is 18.0. The quantitative estimate of drug-likeness (QED) is 0.394. The van der Waals surface area contributed by atoms with Crippen molar-refractivity contribution in [1.82, 2.24) is 4.90 Å². The molecule has 4 rings (SSSR count). The first-order chi connectivity index (χ1) is 14.6. The monoisotopic (exact) mass is 457 g/mol. The lowest BCUT2D eigenvalue weighted by Crippen LogP contribution is -2.32. The van der Waals surface area contributed by atoms with Gasteiger partial charge in [-0.2, -0.15) is 0 Å². The van der Waals surface area contributed by atoms with Crippen molar-refractivity contribution in [1.29, 1.82) is 0 Å². The van der Waals surface area contributed by atoms with Gasteiger partial charge in [-0.1, -0.05) is 41.6 Å². The Bertz CT molecular complexity index is 1080. The molecule has 2 amide bonds. The second-order valence-electron chi connectivity index (χ2n) is 6.21. The Balaban J connectivity index is 1.36. The van der Waals surface area contributed by atoms with Gasteiger partial charge in [-0.25, -0.2) is 0 Å². The van der Waals surface area contributed by atoms with Crippen LogP contribution in [-0.4, -0.2) is 29.2 Å². The van der Waals surface area contributed by atoms with Crippen LogP contribution in [0.25, 0.3) is 6.08 Å². The first-order valence-corrected chi connectivity index (χ1v) is 11.1. The van der Waals surface area contributed by atoms with Crippen LogP contribution in [0.4, 0.5) is 4.79 Å². The Kier molecular flexibility index (Phi) is 6.52. The molecular weight excluding hydrogens is 442 g/mol. The molecule has 0 unspecified atom stereocenters. The molecule has 3 aromatic rings. The van der Waals surface area contributed by atoms with E-state index in [-0.39, 0.29) is 24.3 Å². The van der Waals surface area contributed by atoms with E-state index in [1.807, 2.05) is 36.4 Å². The summed E-state index contributed by atoms with van der Waals surface area (Å²) >= 11 is 8.23. The Hall–Kier alpha value is -2.61. The van der Waals surface area contributed by atoms with E-state index in [1.54, 1.807) is 36.4 Å². The zero-order chi connectivity index (χ0) is 20.9. The number of carbonyl (C=O) groups is 2. The number of halogens is 1. The van der Waals surface area contributed by atoms with Crippen LogP contribution in [0.5, 0.6) is 5.75 Å². The molecule has 2 heterocycles. The molecule has 0 N–H and O–H groups in total. The van der Waals surface area contributed by atoms with Gasteiger partial charge < -0.3 is 9.15 Å². The van der Waals surface area contributed by atoms with Crippen LogP contribution >= 0.6 is 35.1 Å². The van der Waals surface area contributed by atoms with Gasteiger partial charge in [0.25, 0.3) is 11.1 Å². The maximum absolute atomic E-state index is 12.6. The highest BCUT2D eigenvalue weighted by molar-refractivity contribution is 8.18. The summed E-state index contributed by atoms with van der Waals surface area (Å²) in [6, 6.07) is 20.4. The maximum Gasteiger partial charge on any atom is 0.293 e. The van der Waals surface area contributed by atoms with Crippen molar-refractivity contribution in [2.45, 2.75) is 9.99 Å². The molecule has 1 saturated heterocycles. The number of benzene rings is 2. The third-order valence-electron chi connectivity index (χ3n) is 4.11. The highest BCUT2D eigenvalue weighted by Gasteiger charge is 2.35. The summed E-state index contributed by atoms with van der Waals surface area (Å²) in [7, 11) is 0. The fourth-order valence-corrected chi connectivity index (χ4v) is 4.45. The minimum absolute atomic E-state index is 0.165. The summed E-state index contributed by atoms with van der Waals surface area (Å²) in [5, 5.41) is 1.00. The number of amides is 2. The van der Waals surface area contributed by atoms with E-state index >= 15 is 0 Å². The number of furan rings is 1. The van der Waals surface area contributed by atoms with Crippen LogP contribution in [0.1, 0.15) is 5.76 Å². The first kappa shape index (κ1) is 20.7. The molecule has 0 aliphatic carbocycles. The fraction of sp³-hybridized carbons (Fsp3) is 0.0909. The second kappa shape index (κ2) is 9.47. The molecule has 2 aromatic carbocycles. The fourth-order valence-electron chi connectivity index (χ4n) is 2.68. The van der Waals surface area contributed by atoms with Crippen LogP contribution in [0.3, 0.4) is 0 Å². The second-order valence-corrected chi connectivity index (χ2v) is 8.72. The average molecular weight is 458 g/mol. The normalized spacial score (nSPS) is 15.2. The standard InChI is InChI=1S/C22H16ClNO4S2/c23-15-6-8-16(9-7-15)27-13-12-24-21(25)19(30-22(24)26)14-17-10-11-20(28-17)29-18-4-2-1-3-5-18/h1-11,14H,12-13H2/b19-14-. The van der Waals surface area contributed by atoms with Gasteiger partial charge in [0.2, 0.25) is 0 Å². The summed E-state index contributed by atoms with van der Waals surface area (Å²) in [6.45, 7) is 0.365. The molecule has 1 aliphatic rings. The van der Waals surface area contributed by atoms with Crippen LogP contribution in [0.2, 0.25) is 5.02 Å². The molecule has 1 aliphatic heterocycles. The lowest BCUT2D eigenvalue weighted by molar-refractivity contribution is -0.123. The van der Waals surface area contributed by atoms with E-state index in [9.17, 15) is 9.59 Å². The Morgan fingerprint density at radius 1 is 1.03 bits per heavy atom. The molecule has 1 aromatic heterocycles. The van der Waals surface area contributed by atoms with Gasteiger partial charge in [-0.05, 0) is 60.3 Å². The smallest absolute Gasteiger partial charge is 0.293 e. The molecule has 0 bridgehead atoms. The predicted octanol–water partition coefficient (Wildman–Crippen LogP) is 6.20. The summed E-state index contributed by atoms with van der Waals surface area (Å²) < 4.78 is 11.4. The number of ether oxygens (including phenoxy) is 1. The average Bonchev–Trinajstić information content (AvgIpc) is 3.29. The van der Waals surface area contributed by atoms with Crippen LogP contribution in [0, 0.1) is 0 Å². The van der Waals surface area contributed by atoms with Crippen molar-refractivity contribution in [3.05, 3.63) is 82.4 Å². The Labute approximate surface area is 187 Å². The van der Waals surface area contributed by atoms with Gasteiger partial charge >= 0.3 is 0 Å². The molecule has 0 saturated carbocycles. The van der Waals surface area contributed by atoms with Crippen molar-refractivity contribution >= 4 is 52.3 Å². The van der Waals surface area contributed by atoms with E-state index in [2.05, 4.69) is 0 Å². The first-order valence-electron chi connectivity index (χ1n) is 9.05. The van der Waals surface area contributed by atoms with Crippen molar-refractivity contribution in [2.75, 3.05) is 13.2 Å². The van der Waals surface area contributed by atoms with Crippen LogP contribution < -0.4 is 4.74 Å². The van der Waals surface area contributed by atoms with E-state index in [1.165, 1.54) is 16.7 Å². The van der Waals surface area contributed by atoms with Gasteiger partial charge in [0.15, 0.2) is 5.09 Å². The molecule has 0 radical (unpaired) electrons. The third-order valence-corrected chi connectivity index (χ3v) is 6.20. The number of hydrogen-bond acceptors (Lipinski definition) is 6. The van der Waals surface area contributed by atoms with E-state index in [0.29, 0.717) is 26.5 Å². The Morgan fingerprint density at radius 3 is 2.57 bits per heavy atom. The van der Waals surface area contributed by atoms with Crippen molar-refractivity contribution < 1.29 is 18.7 Å². The van der Waals surface area contributed by atoms with E-state index < -0.39 is 0 Å². The van der Waals surface area contributed by atoms with E-state index in [0.717, 1.165) is 16.7 Å². The van der Waals surface area contributed by atoms with Gasteiger partial charge in [0.05, 0.1) is 11.4 Å². The molecule has 152 valence electrons. The summed E-state index contributed by atoms with van der Waals surface area (Å²) in [5.41, 5.74) is 0. The van der Waals surface area contributed by atoms with E-state index in [4.69, 9.17) is 20.8 Å². The van der Waals surface area contributed by atoms with Gasteiger partial charge in [-0.15, -0.1) is 0 Å². The summed E-state index contributed by atoms with van der Waals surface area (Å²) in [4.78, 5) is 27.4. The number of carbonyl (C=O) groups excluding carboxylic acids is 2. The molecule has 30 heavy (non-hydrogen) atoms. The third kappa shape index (κ3) is 5.11. The molecular formula is C22H16ClNO4S2. The topological polar surface area (TPSA) is 59.8 Å². The maximum atomic E-state index is 12.6. The van der Waals surface area contributed by atoms with Gasteiger partial charge in [0, 0.05) is 16.0 Å². The van der Waals surface area contributed by atoms with Crippen LogP contribution in [-0.2, 0) is 4.79 Å². The highest BCUT2D eigenvalue weighted by Crippen LogP contribution is 2.34. The number of thioether (sulfide) groups is 1. The zero-order valence-electron chi connectivity index (χ0n) is 15.6. The SMILES string of the molecule is O=C1S/C(=C\c2ccc(Sc3ccccc3)o2)C(=O)N1CCOc1ccc(Cl)cc1.